The van der Waals surface area contributed by atoms with Gasteiger partial charge >= 0.3 is 5.97 Å². The quantitative estimate of drug-likeness (QED) is 0.461. The highest BCUT2D eigenvalue weighted by Crippen LogP contribution is 2.30. The van der Waals surface area contributed by atoms with E-state index in [4.69, 9.17) is 20.5 Å². The molecule has 0 radical (unpaired) electrons. The van der Waals surface area contributed by atoms with Gasteiger partial charge in [-0.05, 0) is 28.7 Å². The van der Waals surface area contributed by atoms with Crippen LogP contribution in [0.15, 0.2) is 23.4 Å². The molecule has 0 saturated heterocycles. The number of hydrogen-bond acceptors (Lipinski definition) is 7. The lowest BCUT2D eigenvalue weighted by molar-refractivity contribution is 0.0597. The molecule has 7 nitrogen and oxygen atoms in total. The van der Waals surface area contributed by atoms with Crippen molar-refractivity contribution in [1.82, 2.24) is 0 Å². The van der Waals surface area contributed by atoms with Crippen molar-refractivity contribution in [2.75, 3.05) is 19.5 Å². The third kappa shape index (κ3) is 3.66. The van der Waals surface area contributed by atoms with Crippen LogP contribution in [-0.4, -0.2) is 20.2 Å². The van der Waals surface area contributed by atoms with Crippen LogP contribution in [-0.2, 0) is 4.74 Å². The minimum atomic E-state index is -0.563. The first-order valence-electron chi connectivity index (χ1n) is 5.69. The number of benzene rings is 1. The SMILES string of the molecule is COC(=O)c1cc(I)c(NC(C#N)=C(C#N)C#N)cc1OC. The Morgan fingerprint density at radius 3 is 2.27 bits per heavy atom. The number of carbonyl (C=O) groups excluding carboxylic acids is 1. The summed E-state index contributed by atoms with van der Waals surface area (Å²) < 4.78 is 10.4. The molecule has 22 heavy (non-hydrogen) atoms. The molecule has 0 aliphatic heterocycles. The lowest BCUT2D eigenvalue weighted by Gasteiger charge is -2.12. The predicted octanol–water partition coefficient (Wildman–Crippen LogP) is 2.32. The number of nitriles is 3. The standard InChI is InChI=1S/C14H9IN4O3/c1-21-13-4-11(10(15)3-9(13)14(20)22-2)19-12(7-18)8(5-16)6-17/h3-4,19H,1-2H3. The van der Waals surface area contributed by atoms with Crippen LogP contribution in [0.3, 0.4) is 0 Å². The molecule has 0 heterocycles. The largest absolute Gasteiger partial charge is 0.496 e. The van der Waals surface area contributed by atoms with Gasteiger partial charge in [0.25, 0.3) is 0 Å². The van der Waals surface area contributed by atoms with E-state index in [1.54, 1.807) is 18.2 Å². The van der Waals surface area contributed by atoms with E-state index in [2.05, 4.69) is 10.1 Å². The number of ether oxygens (including phenoxy) is 2. The minimum absolute atomic E-state index is 0.184. The average molecular weight is 408 g/mol. The summed E-state index contributed by atoms with van der Waals surface area (Å²) in [5, 5.41) is 29.4. The number of halogens is 1. The van der Waals surface area contributed by atoms with Gasteiger partial charge in [-0.3, -0.25) is 0 Å². The van der Waals surface area contributed by atoms with Gasteiger partial charge in [-0.15, -0.1) is 0 Å². The minimum Gasteiger partial charge on any atom is -0.496 e. The number of anilines is 1. The van der Waals surface area contributed by atoms with Crippen molar-refractivity contribution < 1.29 is 14.3 Å². The molecule has 0 spiro atoms. The zero-order chi connectivity index (χ0) is 16.7. The number of allylic oxidation sites excluding steroid dienone is 2. The van der Waals surface area contributed by atoms with Gasteiger partial charge in [-0.1, -0.05) is 0 Å². The zero-order valence-corrected chi connectivity index (χ0v) is 13.8. The second-order valence-electron chi connectivity index (χ2n) is 3.73. The van der Waals surface area contributed by atoms with Crippen LogP contribution in [0.4, 0.5) is 5.69 Å². The molecule has 0 unspecified atom stereocenters. The van der Waals surface area contributed by atoms with Gasteiger partial charge in [0.05, 0.1) is 19.9 Å². The summed E-state index contributed by atoms with van der Waals surface area (Å²) in [6, 6.07) is 8.02. The van der Waals surface area contributed by atoms with E-state index in [9.17, 15) is 4.79 Å². The number of esters is 1. The summed E-state index contributed by atoms with van der Waals surface area (Å²) in [6.07, 6.45) is 0. The molecule has 0 atom stereocenters. The zero-order valence-electron chi connectivity index (χ0n) is 11.6. The first kappa shape index (κ1) is 17.3. The van der Waals surface area contributed by atoms with Crippen molar-refractivity contribution >= 4 is 34.2 Å². The van der Waals surface area contributed by atoms with Crippen molar-refractivity contribution in [3.05, 3.63) is 32.5 Å². The van der Waals surface area contributed by atoms with E-state index in [-0.39, 0.29) is 22.6 Å². The summed E-state index contributed by atoms with van der Waals surface area (Å²) in [4.78, 5) is 11.7. The number of carbonyl (C=O) groups is 1. The third-order valence-corrected chi connectivity index (χ3v) is 3.43. The molecule has 0 aliphatic rings. The first-order valence-corrected chi connectivity index (χ1v) is 6.77. The van der Waals surface area contributed by atoms with Crippen molar-refractivity contribution in [2.24, 2.45) is 0 Å². The van der Waals surface area contributed by atoms with E-state index < -0.39 is 5.97 Å². The van der Waals surface area contributed by atoms with Gasteiger partial charge in [-0.25, -0.2) is 4.79 Å². The molecule has 0 amide bonds. The highest BCUT2D eigenvalue weighted by Gasteiger charge is 2.17. The molecule has 0 fully saturated rings. The summed E-state index contributed by atoms with van der Waals surface area (Å²) in [5.74, 6) is -0.324. The van der Waals surface area contributed by atoms with Crippen molar-refractivity contribution in [2.45, 2.75) is 0 Å². The van der Waals surface area contributed by atoms with Crippen LogP contribution in [0, 0.1) is 37.6 Å². The Morgan fingerprint density at radius 1 is 1.18 bits per heavy atom. The fourth-order valence-electron chi connectivity index (χ4n) is 1.51. The fourth-order valence-corrected chi connectivity index (χ4v) is 2.11. The van der Waals surface area contributed by atoms with Gasteiger partial charge < -0.3 is 14.8 Å². The lowest BCUT2D eigenvalue weighted by Crippen LogP contribution is -2.08. The van der Waals surface area contributed by atoms with E-state index in [0.717, 1.165) is 0 Å². The van der Waals surface area contributed by atoms with Gasteiger partial charge in [0, 0.05) is 9.64 Å². The molecule has 0 saturated carbocycles. The number of nitrogens with one attached hydrogen (secondary N) is 1. The number of rotatable bonds is 4. The Labute approximate surface area is 140 Å². The fraction of sp³-hybridized carbons (Fsp3) is 0.143. The highest BCUT2D eigenvalue weighted by molar-refractivity contribution is 14.1. The Balaban J connectivity index is 3.38. The second kappa shape index (κ2) is 7.87. The van der Waals surface area contributed by atoms with Crippen LogP contribution < -0.4 is 10.1 Å². The molecule has 1 aromatic rings. The molecule has 1 aromatic carbocycles. The number of nitrogens with zero attached hydrogens (tertiary/aromatic N) is 3. The number of methoxy groups -OCH3 is 2. The normalized spacial score (nSPS) is 8.73. The van der Waals surface area contributed by atoms with Gasteiger partial charge in [0.2, 0.25) is 0 Å². The van der Waals surface area contributed by atoms with Crippen LogP contribution in [0.2, 0.25) is 0 Å². The third-order valence-electron chi connectivity index (χ3n) is 2.54. The van der Waals surface area contributed by atoms with Crippen LogP contribution >= 0.6 is 22.6 Å². The van der Waals surface area contributed by atoms with E-state index >= 15 is 0 Å². The Kier molecular flexibility index (Phi) is 6.18. The van der Waals surface area contributed by atoms with Gasteiger partial charge in [0.1, 0.15) is 35.2 Å². The molecular weight excluding hydrogens is 399 g/mol. The average Bonchev–Trinajstić information content (AvgIpc) is 2.55. The Bertz CT molecular complexity index is 750. The molecule has 0 aliphatic carbocycles. The molecule has 1 rings (SSSR count). The summed E-state index contributed by atoms with van der Waals surface area (Å²) in [7, 11) is 2.64. The van der Waals surface area contributed by atoms with Crippen molar-refractivity contribution in [3.63, 3.8) is 0 Å². The Hall–Kier alpha value is -2.77. The van der Waals surface area contributed by atoms with E-state index in [1.165, 1.54) is 26.4 Å². The lowest BCUT2D eigenvalue weighted by atomic mass is 10.1. The number of hydrogen-bond donors (Lipinski definition) is 1. The monoisotopic (exact) mass is 408 g/mol. The summed E-state index contributed by atoms with van der Waals surface area (Å²) >= 11 is 1.94. The summed E-state index contributed by atoms with van der Waals surface area (Å²) in [6.45, 7) is 0. The second-order valence-corrected chi connectivity index (χ2v) is 4.90. The molecule has 110 valence electrons. The summed E-state index contributed by atoms with van der Waals surface area (Å²) in [5.41, 5.74) is 0.123. The van der Waals surface area contributed by atoms with Gasteiger partial charge in [0.15, 0.2) is 5.57 Å². The predicted molar refractivity (Wildman–Crippen MR) is 84.5 cm³/mol. The molecular formula is C14H9IN4O3. The van der Waals surface area contributed by atoms with Crippen LogP contribution in [0.1, 0.15) is 10.4 Å². The van der Waals surface area contributed by atoms with Crippen molar-refractivity contribution in [1.29, 1.82) is 15.8 Å². The smallest absolute Gasteiger partial charge is 0.341 e. The maximum Gasteiger partial charge on any atom is 0.341 e. The molecule has 0 bridgehead atoms. The van der Waals surface area contributed by atoms with E-state index in [0.29, 0.717) is 9.26 Å². The van der Waals surface area contributed by atoms with Crippen molar-refractivity contribution in [3.8, 4) is 24.0 Å². The van der Waals surface area contributed by atoms with Crippen LogP contribution in [0.5, 0.6) is 5.75 Å². The maximum absolute atomic E-state index is 11.7. The Morgan fingerprint density at radius 2 is 1.82 bits per heavy atom. The van der Waals surface area contributed by atoms with Crippen LogP contribution in [0.25, 0.3) is 0 Å². The molecule has 8 heteroatoms. The topological polar surface area (TPSA) is 119 Å². The maximum atomic E-state index is 11.7. The highest BCUT2D eigenvalue weighted by atomic mass is 127. The molecule has 0 aromatic heterocycles. The molecule has 1 N–H and O–H groups in total. The van der Waals surface area contributed by atoms with Gasteiger partial charge in [-0.2, -0.15) is 15.8 Å². The first-order chi connectivity index (χ1) is 10.5. The van der Waals surface area contributed by atoms with E-state index in [1.807, 2.05) is 22.6 Å².